The van der Waals surface area contributed by atoms with Gasteiger partial charge in [-0.15, -0.1) is 0 Å². The molecule has 1 saturated heterocycles. The fraction of sp³-hybridized carbons (Fsp3) is 0.379. The molecule has 1 fully saturated rings. The number of nitrogens with two attached hydrogens (primary N) is 1. The van der Waals surface area contributed by atoms with E-state index in [1.54, 1.807) is 32.4 Å². The molecule has 1 aliphatic heterocycles. The van der Waals surface area contributed by atoms with Crippen LogP contribution in [-0.2, 0) is 10.1 Å². The molecular weight excluding hydrogens is 565 g/mol. The largest absolute Gasteiger partial charge is 0.493 e. The summed E-state index contributed by atoms with van der Waals surface area (Å²) in [6, 6.07) is 9.68. The molecule has 0 aliphatic carbocycles. The Kier molecular flexibility index (Phi) is 10.2. The van der Waals surface area contributed by atoms with Gasteiger partial charge in [0, 0.05) is 35.9 Å². The molecule has 4 N–H and O–H groups in total. The van der Waals surface area contributed by atoms with E-state index in [2.05, 4.69) is 26.8 Å². The molecule has 1 aliphatic rings. The number of benzene rings is 2. The van der Waals surface area contributed by atoms with Gasteiger partial charge >= 0.3 is 10.1 Å². The molecule has 0 spiro atoms. The lowest BCUT2D eigenvalue weighted by Gasteiger charge is -2.30. The number of anilines is 1. The van der Waals surface area contributed by atoms with E-state index in [0.717, 1.165) is 25.1 Å². The first-order valence-electron chi connectivity index (χ1n) is 13.6. The topological polar surface area (TPSA) is 153 Å². The number of aromatic amines is 1. The number of nitrogen functional groups attached to an aromatic ring is 1. The van der Waals surface area contributed by atoms with E-state index in [1.165, 1.54) is 38.1 Å². The number of hydrogen-bond acceptors (Lipinski definition) is 9. The highest BCUT2D eigenvalue weighted by molar-refractivity contribution is 7.85. The summed E-state index contributed by atoms with van der Waals surface area (Å²) in [7, 11) is -2.50. The summed E-state index contributed by atoms with van der Waals surface area (Å²) in [5.41, 5.74) is 6.65. The normalized spacial score (nSPS) is 14.3. The Morgan fingerprint density at radius 2 is 1.86 bits per heavy atom. The summed E-state index contributed by atoms with van der Waals surface area (Å²) in [6.45, 7) is 7.88. The number of methoxy groups -OCH3 is 1. The molecule has 0 amide bonds. The maximum absolute atomic E-state index is 14.2. The van der Waals surface area contributed by atoms with E-state index >= 15 is 0 Å². The number of hydrogen-bond donors (Lipinski definition) is 3. The smallest absolute Gasteiger partial charge is 0.311 e. The van der Waals surface area contributed by atoms with Crippen LogP contribution in [0.3, 0.4) is 0 Å². The average molecular weight is 602 g/mol. The van der Waals surface area contributed by atoms with Crippen LogP contribution >= 0.6 is 0 Å². The molecular formula is C29H36FN5O6S. The van der Waals surface area contributed by atoms with Gasteiger partial charge in [-0.3, -0.25) is 9.54 Å². The zero-order valence-corrected chi connectivity index (χ0v) is 24.7. The highest BCUT2D eigenvalue weighted by Crippen LogP contribution is 2.37. The molecule has 4 aromatic rings. The van der Waals surface area contributed by atoms with Gasteiger partial charge in [-0.2, -0.15) is 8.42 Å². The molecule has 2 aromatic heterocycles. The molecule has 11 nitrogen and oxygen atoms in total. The minimum absolute atomic E-state index is 0.0955. The number of nitrogens with zero attached hydrogens (tertiary/aromatic N) is 3. The lowest BCUT2D eigenvalue weighted by atomic mass is 9.99. The molecule has 0 radical (unpaired) electrons. The first-order chi connectivity index (χ1) is 20.0. The van der Waals surface area contributed by atoms with Gasteiger partial charge in [0.15, 0.2) is 28.1 Å². The van der Waals surface area contributed by atoms with Gasteiger partial charge in [0.2, 0.25) is 0 Å². The number of fused-ring (bicyclic) bond motifs is 1. The van der Waals surface area contributed by atoms with E-state index in [-0.39, 0.29) is 10.8 Å². The average Bonchev–Trinajstić information content (AvgIpc) is 3.41. The predicted octanol–water partition coefficient (Wildman–Crippen LogP) is 5.22. The van der Waals surface area contributed by atoms with Crippen LogP contribution in [0.15, 0.2) is 53.8 Å². The van der Waals surface area contributed by atoms with E-state index in [1.807, 2.05) is 12.1 Å². The predicted molar refractivity (Wildman–Crippen MR) is 157 cm³/mol. The summed E-state index contributed by atoms with van der Waals surface area (Å²) < 4.78 is 60.7. The van der Waals surface area contributed by atoms with E-state index in [9.17, 15) is 12.8 Å². The summed E-state index contributed by atoms with van der Waals surface area (Å²) in [5.74, 6) is 2.55. The van der Waals surface area contributed by atoms with Crippen molar-refractivity contribution in [1.29, 1.82) is 0 Å². The van der Waals surface area contributed by atoms with Crippen LogP contribution in [-0.4, -0.2) is 66.2 Å². The third-order valence-electron chi connectivity index (χ3n) is 6.87. The Hall–Kier alpha value is -3.94. The van der Waals surface area contributed by atoms with Crippen LogP contribution in [0, 0.1) is 18.7 Å². The number of imidazole rings is 1. The number of ether oxygens (including phenoxy) is 3. The summed E-state index contributed by atoms with van der Waals surface area (Å²) in [5, 5.41) is 0.431. The maximum atomic E-state index is 14.2. The van der Waals surface area contributed by atoms with Crippen molar-refractivity contribution in [2.45, 2.75) is 38.1 Å². The molecule has 5 rings (SSSR count). The Labute approximate surface area is 244 Å². The zero-order chi connectivity index (χ0) is 30.3. The maximum Gasteiger partial charge on any atom is 0.311 e. The van der Waals surface area contributed by atoms with Gasteiger partial charge < -0.3 is 29.8 Å². The second-order valence-electron chi connectivity index (χ2n) is 10.2. The van der Waals surface area contributed by atoms with E-state index < -0.39 is 15.9 Å². The van der Waals surface area contributed by atoms with Gasteiger partial charge in [0.1, 0.15) is 11.6 Å². The molecule has 0 bridgehead atoms. The standard InChI is InChI=1S/C25H30FN3O3.C4H6N2O3S/c1-17-7-11-29(12-8-17)10-3-13-31-25-16-21-19(15-24(25)30-2)22(6-9-28-21)32-23-5-4-18(27)14-20(23)26;1-3-5-2-4(6-3)10(7,8)9/h4-6,9,14-17H,3,7-8,10-13,27H2,1-2H3;2H,1H3,(H,5,6)(H,7,8,9). The number of aromatic nitrogens is 3. The fourth-order valence-corrected chi connectivity index (χ4v) is 4.96. The number of aryl methyl sites for hydroxylation is 1. The SMILES string of the molecule is COc1cc2c(Oc3ccc(N)cc3F)ccnc2cc1OCCCN1CCC(C)CC1.Cc1ncc(S(=O)(=O)O)[nH]1. The van der Waals surface area contributed by atoms with Gasteiger partial charge in [-0.05, 0) is 69.5 Å². The van der Waals surface area contributed by atoms with Gasteiger partial charge in [0.05, 0.1) is 25.4 Å². The van der Waals surface area contributed by atoms with E-state index in [0.29, 0.717) is 46.3 Å². The molecule has 3 heterocycles. The lowest BCUT2D eigenvalue weighted by molar-refractivity contribution is 0.176. The van der Waals surface area contributed by atoms with Crippen molar-refractivity contribution in [1.82, 2.24) is 19.9 Å². The van der Waals surface area contributed by atoms with Crippen LogP contribution in [0.2, 0.25) is 0 Å². The van der Waals surface area contributed by atoms with Crippen molar-refractivity contribution in [2.24, 2.45) is 5.92 Å². The van der Waals surface area contributed by atoms with E-state index in [4.69, 9.17) is 24.5 Å². The van der Waals surface area contributed by atoms with Crippen molar-refractivity contribution >= 4 is 26.7 Å². The number of pyridine rings is 1. The molecule has 226 valence electrons. The number of H-pyrrole nitrogens is 1. The third kappa shape index (κ3) is 8.30. The zero-order valence-electron chi connectivity index (χ0n) is 23.8. The lowest BCUT2D eigenvalue weighted by Crippen LogP contribution is -2.34. The highest BCUT2D eigenvalue weighted by Gasteiger charge is 2.16. The van der Waals surface area contributed by atoms with Gasteiger partial charge in [0.25, 0.3) is 0 Å². The second-order valence-corrected chi connectivity index (χ2v) is 11.5. The molecule has 0 saturated carbocycles. The number of likely N-dealkylation sites (tertiary alicyclic amines) is 1. The van der Waals surface area contributed by atoms with Gasteiger partial charge in [-0.25, -0.2) is 9.37 Å². The summed E-state index contributed by atoms with van der Waals surface area (Å²) in [6.07, 6.45) is 6.18. The molecule has 13 heteroatoms. The van der Waals surface area contributed by atoms with Crippen LogP contribution in [0.25, 0.3) is 10.9 Å². The first-order valence-corrected chi connectivity index (χ1v) is 15.0. The minimum atomic E-state index is -4.10. The molecule has 42 heavy (non-hydrogen) atoms. The Morgan fingerprint density at radius 1 is 1.10 bits per heavy atom. The van der Waals surface area contributed by atoms with Gasteiger partial charge in [-0.1, -0.05) is 6.92 Å². The summed E-state index contributed by atoms with van der Waals surface area (Å²) in [4.78, 5) is 12.9. The number of piperidine rings is 1. The molecule has 0 unspecified atom stereocenters. The van der Waals surface area contributed by atoms with Crippen molar-refractivity contribution < 1.29 is 31.6 Å². The Morgan fingerprint density at radius 3 is 2.48 bits per heavy atom. The van der Waals surface area contributed by atoms with Crippen molar-refractivity contribution in [2.75, 3.05) is 39.1 Å². The van der Waals surface area contributed by atoms with Crippen molar-refractivity contribution in [3.63, 3.8) is 0 Å². The second kappa shape index (κ2) is 13.8. The Balaban J connectivity index is 0.000000343. The number of rotatable bonds is 9. The fourth-order valence-electron chi connectivity index (χ4n) is 4.49. The molecule has 2 aromatic carbocycles. The molecule has 0 atom stereocenters. The summed E-state index contributed by atoms with van der Waals surface area (Å²) >= 11 is 0. The number of halogens is 1. The number of nitrogens with one attached hydrogen (secondary N) is 1. The third-order valence-corrected chi connectivity index (χ3v) is 7.64. The minimum Gasteiger partial charge on any atom is -0.493 e. The monoisotopic (exact) mass is 601 g/mol. The van der Waals surface area contributed by atoms with Crippen LogP contribution in [0.4, 0.5) is 10.1 Å². The van der Waals surface area contributed by atoms with Crippen LogP contribution in [0.1, 0.15) is 32.0 Å². The van der Waals surface area contributed by atoms with Crippen molar-refractivity contribution in [3.05, 3.63) is 60.4 Å². The first kappa shape index (κ1) is 31.0. The highest BCUT2D eigenvalue weighted by atomic mass is 32.2. The van der Waals surface area contributed by atoms with Crippen molar-refractivity contribution in [3.8, 4) is 23.0 Å². The van der Waals surface area contributed by atoms with Crippen LogP contribution < -0.4 is 19.9 Å². The van der Waals surface area contributed by atoms with Crippen LogP contribution in [0.5, 0.6) is 23.0 Å². The Bertz CT molecular complexity index is 1610. The quantitative estimate of drug-likeness (QED) is 0.132.